The average Bonchev–Trinajstić information content (AvgIpc) is 2.38. The van der Waals surface area contributed by atoms with Crippen molar-refractivity contribution < 1.29 is 9.53 Å². The van der Waals surface area contributed by atoms with Gasteiger partial charge in [0, 0.05) is 6.08 Å². The lowest BCUT2D eigenvalue weighted by atomic mass is 9.94. The SMILES string of the molecule is COC(=O)/C=C(/C)c1c(C)ccc2ccccc12. The van der Waals surface area contributed by atoms with Gasteiger partial charge in [-0.05, 0) is 41.3 Å². The molecule has 92 valence electrons. The molecule has 2 nitrogen and oxygen atoms in total. The highest BCUT2D eigenvalue weighted by molar-refractivity contribution is 5.99. The van der Waals surface area contributed by atoms with Gasteiger partial charge in [0.1, 0.15) is 0 Å². The molecule has 0 aliphatic heterocycles. The van der Waals surface area contributed by atoms with E-state index in [-0.39, 0.29) is 5.97 Å². The molecule has 0 spiro atoms. The van der Waals surface area contributed by atoms with Gasteiger partial charge in [-0.15, -0.1) is 0 Å². The van der Waals surface area contributed by atoms with E-state index < -0.39 is 0 Å². The summed E-state index contributed by atoms with van der Waals surface area (Å²) < 4.78 is 4.68. The Morgan fingerprint density at radius 3 is 2.61 bits per heavy atom. The van der Waals surface area contributed by atoms with E-state index in [1.165, 1.54) is 18.6 Å². The lowest BCUT2D eigenvalue weighted by Gasteiger charge is -2.10. The first-order valence-electron chi connectivity index (χ1n) is 5.88. The zero-order valence-corrected chi connectivity index (χ0v) is 10.9. The molecule has 0 bridgehead atoms. The Labute approximate surface area is 107 Å². The van der Waals surface area contributed by atoms with E-state index in [1.54, 1.807) is 0 Å². The first-order chi connectivity index (χ1) is 8.63. The van der Waals surface area contributed by atoms with Gasteiger partial charge in [0.15, 0.2) is 0 Å². The quantitative estimate of drug-likeness (QED) is 0.590. The number of carbonyl (C=O) groups is 1. The Morgan fingerprint density at radius 2 is 1.89 bits per heavy atom. The third-order valence-corrected chi connectivity index (χ3v) is 3.07. The predicted molar refractivity (Wildman–Crippen MR) is 74.4 cm³/mol. The number of esters is 1. The number of hydrogen-bond donors (Lipinski definition) is 0. The Balaban J connectivity index is 2.66. The fraction of sp³-hybridized carbons (Fsp3) is 0.188. The lowest BCUT2D eigenvalue weighted by molar-refractivity contribution is -0.134. The Hall–Kier alpha value is -2.09. The van der Waals surface area contributed by atoms with Crippen LogP contribution in [0.25, 0.3) is 16.3 Å². The van der Waals surface area contributed by atoms with Gasteiger partial charge in [0.05, 0.1) is 7.11 Å². The van der Waals surface area contributed by atoms with Crippen molar-refractivity contribution in [3.63, 3.8) is 0 Å². The molecule has 0 radical (unpaired) electrons. The van der Waals surface area contributed by atoms with E-state index in [2.05, 4.69) is 35.9 Å². The minimum absolute atomic E-state index is 0.320. The van der Waals surface area contributed by atoms with Gasteiger partial charge in [-0.1, -0.05) is 36.4 Å². The molecule has 0 atom stereocenters. The van der Waals surface area contributed by atoms with Crippen LogP contribution in [-0.2, 0) is 9.53 Å². The van der Waals surface area contributed by atoms with E-state index in [1.807, 2.05) is 19.1 Å². The number of hydrogen-bond acceptors (Lipinski definition) is 2. The highest BCUT2D eigenvalue weighted by atomic mass is 16.5. The smallest absolute Gasteiger partial charge is 0.330 e. The van der Waals surface area contributed by atoms with Gasteiger partial charge in [-0.3, -0.25) is 0 Å². The monoisotopic (exact) mass is 240 g/mol. The van der Waals surface area contributed by atoms with Gasteiger partial charge in [0.2, 0.25) is 0 Å². The fourth-order valence-electron chi connectivity index (χ4n) is 2.21. The molecular formula is C16H16O2. The van der Waals surface area contributed by atoms with Gasteiger partial charge in [0.25, 0.3) is 0 Å². The van der Waals surface area contributed by atoms with Crippen LogP contribution in [0.1, 0.15) is 18.1 Å². The molecule has 0 unspecified atom stereocenters. The van der Waals surface area contributed by atoms with Crippen molar-refractivity contribution >= 4 is 22.3 Å². The van der Waals surface area contributed by atoms with Gasteiger partial charge in [-0.2, -0.15) is 0 Å². The van der Waals surface area contributed by atoms with E-state index in [0.29, 0.717) is 0 Å². The minimum atomic E-state index is -0.320. The standard InChI is InChI=1S/C16H16O2/c1-11-8-9-13-6-4-5-7-14(13)16(11)12(2)10-15(17)18-3/h4-10H,1-3H3/b12-10-. The molecule has 2 heteroatoms. The number of aryl methyl sites for hydroxylation is 1. The van der Waals surface area contributed by atoms with Crippen LogP contribution in [0.5, 0.6) is 0 Å². The molecule has 2 aromatic rings. The minimum Gasteiger partial charge on any atom is -0.466 e. The van der Waals surface area contributed by atoms with Crippen molar-refractivity contribution in [3.8, 4) is 0 Å². The summed E-state index contributed by atoms with van der Waals surface area (Å²) in [5, 5.41) is 2.34. The molecule has 0 N–H and O–H groups in total. The van der Waals surface area contributed by atoms with Crippen molar-refractivity contribution in [2.24, 2.45) is 0 Å². The first-order valence-corrected chi connectivity index (χ1v) is 5.88. The number of ether oxygens (including phenoxy) is 1. The van der Waals surface area contributed by atoms with E-state index in [9.17, 15) is 4.79 Å². The number of carbonyl (C=O) groups excluding carboxylic acids is 1. The summed E-state index contributed by atoms with van der Waals surface area (Å²) >= 11 is 0. The third-order valence-electron chi connectivity index (χ3n) is 3.07. The maximum absolute atomic E-state index is 11.3. The van der Waals surface area contributed by atoms with Crippen LogP contribution in [0.3, 0.4) is 0 Å². The molecule has 0 aliphatic rings. The summed E-state index contributed by atoms with van der Waals surface area (Å²) in [5.41, 5.74) is 3.20. The Bertz CT molecular complexity index is 624. The van der Waals surface area contributed by atoms with E-state index in [0.717, 1.165) is 22.1 Å². The molecule has 0 aliphatic carbocycles. The summed E-state index contributed by atoms with van der Waals surface area (Å²) in [5.74, 6) is -0.320. The largest absolute Gasteiger partial charge is 0.466 e. The second kappa shape index (κ2) is 5.05. The van der Waals surface area contributed by atoms with Crippen LogP contribution < -0.4 is 0 Å². The van der Waals surface area contributed by atoms with Gasteiger partial charge >= 0.3 is 5.97 Å². The molecule has 2 aromatic carbocycles. The van der Waals surface area contributed by atoms with Crippen molar-refractivity contribution in [2.45, 2.75) is 13.8 Å². The van der Waals surface area contributed by atoms with Crippen molar-refractivity contribution in [1.82, 2.24) is 0 Å². The maximum Gasteiger partial charge on any atom is 0.330 e. The summed E-state index contributed by atoms with van der Waals surface area (Å²) in [6.07, 6.45) is 1.54. The molecule has 2 rings (SSSR count). The zero-order chi connectivity index (χ0) is 13.1. The van der Waals surface area contributed by atoms with Crippen LogP contribution in [0.2, 0.25) is 0 Å². The predicted octanol–water partition coefficient (Wildman–Crippen LogP) is 3.72. The number of benzene rings is 2. The molecule has 0 aromatic heterocycles. The van der Waals surface area contributed by atoms with Crippen LogP contribution in [0.15, 0.2) is 42.5 Å². The Kier molecular flexibility index (Phi) is 3.47. The van der Waals surface area contributed by atoms with Gasteiger partial charge < -0.3 is 4.74 Å². The molecule has 0 fully saturated rings. The van der Waals surface area contributed by atoms with Crippen LogP contribution in [0, 0.1) is 6.92 Å². The second-order valence-corrected chi connectivity index (χ2v) is 4.33. The van der Waals surface area contributed by atoms with Crippen LogP contribution in [-0.4, -0.2) is 13.1 Å². The third kappa shape index (κ3) is 2.28. The molecule has 0 heterocycles. The van der Waals surface area contributed by atoms with Crippen molar-refractivity contribution in [1.29, 1.82) is 0 Å². The topological polar surface area (TPSA) is 26.3 Å². The molecule has 0 saturated carbocycles. The number of fused-ring (bicyclic) bond motifs is 1. The molecular weight excluding hydrogens is 224 g/mol. The highest BCUT2D eigenvalue weighted by Crippen LogP contribution is 2.28. The van der Waals surface area contributed by atoms with Gasteiger partial charge in [-0.25, -0.2) is 4.79 Å². The van der Waals surface area contributed by atoms with Crippen molar-refractivity contribution in [2.75, 3.05) is 7.11 Å². The highest BCUT2D eigenvalue weighted by Gasteiger charge is 2.07. The van der Waals surface area contributed by atoms with Crippen LogP contribution in [0.4, 0.5) is 0 Å². The first kappa shape index (κ1) is 12.4. The molecule has 0 amide bonds. The normalized spacial score (nSPS) is 11.6. The van der Waals surface area contributed by atoms with E-state index >= 15 is 0 Å². The Morgan fingerprint density at radius 1 is 1.17 bits per heavy atom. The summed E-state index contributed by atoms with van der Waals surface area (Å²) in [4.78, 5) is 11.3. The fourth-order valence-corrected chi connectivity index (χ4v) is 2.21. The summed E-state index contributed by atoms with van der Waals surface area (Å²) in [6, 6.07) is 12.3. The molecule has 0 saturated heterocycles. The second-order valence-electron chi connectivity index (χ2n) is 4.33. The van der Waals surface area contributed by atoms with E-state index in [4.69, 9.17) is 0 Å². The number of rotatable bonds is 2. The van der Waals surface area contributed by atoms with Crippen LogP contribution >= 0.6 is 0 Å². The zero-order valence-electron chi connectivity index (χ0n) is 10.9. The number of methoxy groups -OCH3 is 1. The summed E-state index contributed by atoms with van der Waals surface area (Å²) in [7, 11) is 1.39. The maximum atomic E-state index is 11.3. The summed E-state index contributed by atoms with van der Waals surface area (Å²) in [6.45, 7) is 3.99. The number of allylic oxidation sites excluding steroid dienone is 1. The molecule has 18 heavy (non-hydrogen) atoms. The van der Waals surface area contributed by atoms with Crippen molar-refractivity contribution in [3.05, 3.63) is 53.6 Å². The average molecular weight is 240 g/mol. The lowest BCUT2D eigenvalue weighted by Crippen LogP contribution is -1.97.